The summed E-state index contributed by atoms with van der Waals surface area (Å²) in [6, 6.07) is 4.05. The number of aromatic nitrogens is 3. The minimum absolute atomic E-state index is 0.213. The van der Waals surface area contributed by atoms with Gasteiger partial charge < -0.3 is 10.5 Å². The largest absolute Gasteiger partial charge is 0.376 e. The van der Waals surface area contributed by atoms with Crippen LogP contribution >= 0.6 is 23.1 Å². The van der Waals surface area contributed by atoms with Crippen molar-refractivity contribution in [3.63, 3.8) is 0 Å². The van der Waals surface area contributed by atoms with Crippen LogP contribution < -0.4 is 5.73 Å². The number of hydrogen-bond acceptors (Lipinski definition) is 6. The number of thioether (sulfide) groups is 1. The van der Waals surface area contributed by atoms with E-state index in [0.717, 1.165) is 41.9 Å². The quantitative estimate of drug-likeness (QED) is 0.782. The number of thiophene rings is 1. The SMILES string of the molecule is NC(=O)CCSc1nnc(-c2cccs2)n1CC1CCCO1. The van der Waals surface area contributed by atoms with Crippen LogP contribution in [-0.2, 0) is 16.1 Å². The highest BCUT2D eigenvalue weighted by Gasteiger charge is 2.22. The molecule has 1 aliphatic heterocycles. The van der Waals surface area contributed by atoms with Crippen molar-refractivity contribution in [3.05, 3.63) is 17.5 Å². The smallest absolute Gasteiger partial charge is 0.218 e. The third-order valence-electron chi connectivity index (χ3n) is 3.45. The molecule has 0 aromatic carbocycles. The lowest BCUT2D eigenvalue weighted by Gasteiger charge is -2.14. The van der Waals surface area contributed by atoms with Crippen molar-refractivity contribution in [2.24, 2.45) is 5.73 Å². The molecule has 0 spiro atoms. The van der Waals surface area contributed by atoms with Crippen LogP contribution in [0.4, 0.5) is 0 Å². The van der Waals surface area contributed by atoms with Crippen LogP contribution in [0.5, 0.6) is 0 Å². The van der Waals surface area contributed by atoms with Gasteiger partial charge in [-0.15, -0.1) is 21.5 Å². The first kappa shape index (κ1) is 15.5. The van der Waals surface area contributed by atoms with E-state index in [1.54, 1.807) is 11.3 Å². The van der Waals surface area contributed by atoms with Crippen molar-refractivity contribution in [2.45, 2.75) is 37.1 Å². The Morgan fingerprint density at radius 3 is 3.14 bits per heavy atom. The summed E-state index contributed by atoms with van der Waals surface area (Å²) in [7, 11) is 0. The maximum atomic E-state index is 10.9. The molecule has 6 nitrogen and oxygen atoms in total. The van der Waals surface area contributed by atoms with E-state index in [-0.39, 0.29) is 12.0 Å². The Kier molecular flexibility index (Phi) is 5.12. The molecule has 8 heteroatoms. The van der Waals surface area contributed by atoms with Crippen LogP contribution in [0.25, 0.3) is 10.7 Å². The molecule has 0 aliphatic carbocycles. The number of nitrogens with zero attached hydrogens (tertiary/aromatic N) is 3. The van der Waals surface area contributed by atoms with Gasteiger partial charge in [0.05, 0.1) is 17.5 Å². The molecule has 0 radical (unpaired) electrons. The van der Waals surface area contributed by atoms with Crippen molar-refractivity contribution >= 4 is 29.0 Å². The highest BCUT2D eigenvalue weighted by molar-refractivity contribution is 7.99. The molecule has 22 heavy (non-hydrogen) atoms. The molecule has 118 valence electrons. The summed E-state index contributed by atoms with van der Waals surface area (Å²) in [6.07, 6.45) is 2.72. The van der Waals surface area contributed by atoms with E-state index < -0.39 is 0 Å². The summed E-state index contributed by atoms with van der Waals surface area (Å²) in [6.45, 7) is 1.57. The lowest BCUT2D eigenvalue weighted by Crippen LogP contribution is -2.17. The van der Waals surface area contributed by atoms with Gasteiger partial charge in [-0.1, -0.05) is 17.8 Å². The number of amides is 1. The molecule has 1 unspecified atom stereocenters. The molecule has 2 N–H and O–H groups in total. The van der Waals surface area contributed by atoms with E-state index in [4.69, 9.17) is 10.5 Å². The van der Waals surface area contributed by atoms with E-state index in [9.17, 15) is 4.79 Å². The molecule has 1 aliphatic rings. The van der Waals surface area contributed by atoms with Crippen LogP contribution in [0.3, 0.4) is 0 Å². The van der Waals surface area contributed by atoms with E-state index in [2.05, 4.69) is 14.8 Å². The van der Waals surface area contributed by atoms with Crippen LogP contribution in [0, 0.1) is 0 Å². The maximum Gasteiger partial charge on any atom is 0.218 e. The summed E-state index contributed by atoms with van der Waals surface area (Å²) in [4.78, 5) is 12.0. The molecular formula is C14H18N4O2S2. The highest BCUT2D eigenvalue weighted by atomic mass is 32.2. The number of primary amides is 1. The zero-order valence-electron chi connectivity index (χ0n) is 12.1. The molecule has 1 saturated heterocycles. The van der Waals surface area contributed by atoms with Gasteiger partial charge in [0.1, 0.15) is 0 Å². The van der Waals surface area contributed by atoms with Crippen LogP contribution in [0.1, 0.15) is 19.3 Å². The Bertz CT molecular complexity index is 621. The molecule has 3 rings (SSSR count). The first-order valence-electron chi connectivity index (χ1n) is 7.24. The fraction of sp³-hybridized carbons (Fsp3) is 0.500. The van der Waals surface area contributed by atoms with E-state index >= 15 is 0 Å². The van der Waals surface area contributed by atoms with E-state index in [1.807, 2.05) is 17.5 Å². The van der Waals surface area contributed by atoms with Gasteiger partial charge in [-0.2, -0.15) is 0 Å². The van der Waals surface area contributed by atoms with Crippen LogP contribution in [0.15, 0.2) is 22.7 Å². The summed E-state index contributed by atoms with van der Waals surface area (Å²) >= 11 is 3.16. The summed E-state index contributed by atoms with van der Waals surface area (Å²) in [5.41, 5.74) is 5.20. The zero-order valence-corrected chi connectivity index (χ0v) is 13.7. The number of hydrogen-bond donors (Lipinski definition) is 1. The lowest BCUT2D eigenvalue weighted by atomic mass is 10.2. The molecule has 0 bridgehead atoms. The first-order valence-corrected chi connectivity index (χ1v) is 9.10. The summed E-state index contributed by atoms with van der Waals surface area (Å²) in [5.74, 6) is 1.19. The molecule has 2 aromatic rings. The van der Waals surface area contributed by atoms with Gasteiger partial charge in [-0.05, 0) is 24.3 Å². The second-order valence-corrected chi connectivity index (χ2v) is 7.10. The van der Waals surface area contributed by atoms with Crippen molar-refractivity contribution in [3.8, 4) is 10.7 Å². The highest BCUT2D eigenvalue weighted by Crippen LogP contribution is 2.29. The number of rotatable bonds is 7. The average Bonchev–Trinajstić information content (AvgIpc) is 3.21. The van der Waals surface area contributed by atoms with Gasteiger partial charge >= 0.3 is 0 Å². The topological polar surface area (TPSA) is 83.0 Å². The van der Waals surface area contributed by atoms with Gasteiger partial charge in [0.2, 0.25) is 5.91 Å². The molecule has 1 fully saturated rings. The van der Waals surface area contributed by atoms with Crippen LogP contribution in [0.2, 0.25) is 0 Å². The molecule has 1 atom stereocenters. The maximum absolute atomic E-state index is 10.9. The minimum atomic E-state index is -0.295. The van der Waals surface area contributed by atoms with Gasteiger partial charge in [0.15, 0.2) is 11.0 Å². The number of nitrogens with two attached hydrogens (primary N) is 1. The van der Waals surface area contributed by atoms with E-state index in [0.29, 0.717) is 12.2 Å². The first-order chi connectivity index (χ1) is 10.7. The van der Waals surface area contributed by atoms with Crippen LogP contribution in [-0.4, -0.2) is 39.1 Å². The van der Waals surface area contributed by atoms with Gasteiger partial charge in [0, 0.05) is 18.8 Å². The molecular weight excluding hydrogens is 320 g/mol. The van der Waals surface area contributed by atoms with Gasteiger partial charge in [-0.3, -0.25) is 9.36 Å². The number of carbonyl (C=O) groups excluding carboxylic acids is 1. The summed E-state index contributed by atoms with van der Waals surface area (Å²) in [5, 5.41) is 11.5. The monoisotopic (exact) mass is 338 g/mol. The molecule has 1 amide bonds. The van der Waals surface area contributed by atoms with Gasteiger partial charge in [0.25, 0.3) is 0 Å². The normalized spacial score (nSPS) is 17.9. The molecule has 3 heterocycles. The lowest BCUT2D eigenvalue weighted by molar-refractivity contribution is -0.117. The second kappa shape index (κ2) is 7.26. The Morgan fingerprint density at radius 2 is 2.45 bits per heavy atom. The fourth-order valence-corrected chi connectivity index (χ4v) is 4.00. The third-order valence-corrected chi connectivity index (χ3v) is 5.28. The van der Waals surface area contributed by atoms with Crippen molar-refractivity contribution in [1.29, 1.82) is 0 Å². The van der Waals surface area contributed by atoms with Gasteiger partial charge in [-0.25, -0.2) is 0 Å². The second-order valence-electron chi connectivity index (χ2n) is 5.09. The Hall–Kier alpha value is -1.38. The summed E-state index contributed by atoms with van der Waals surface area (Å²) < 4.78 is 7.84. The Labute approximate surface area is 137 Å². The van der Waals surface area contributed by atoms with Crippen molar-refractivity contribution in [2.75, 3.05) is 12.4 Å². The Balaban J connectivity index is 1.80. The number of carbonyl (C=O) groups is 1. The standard InChI is InChI=1S/C14H18N4O2S2/c15-12(19)5-8-22-14-17-16-13(11-4-2-7-21-11)18(14)9-10-3-1-6-20-10/h2,4,7,10H,1,3,5-6,8-9H2,(H2,15,19). The predicted molar refractivity (Wildman–Crippen MR) is 86.8 cm³/mol. The van der Waals surface area contributed by atoms with E-state index in [1.165, 1.54) is 11.8 Å². The predicted octanol–water partition coefficient (Wildman–Crippen LogP) is 2.15. The Morgan fingerprint density at radius 1 is 1.55 bits per heavy atom. The van der Waals surface area contributed by atoms with Crippen molar-refractivity contribution < 1.29 is 9.53 Å². The van der Waals surface area contributed by atoms with Crippen molar-refractivity contribution in [1.82, 2.24) is 14.8 Å². The minimum Gasteiger partial charge on any atom is -0.376 e. The average molecular weight is 338 g/mol. The number of ether oxygens (including phenoxy) is 1. The zero-order chi connectivity index (χ0) is 15.4. The molecule has 0 saturated carbocycles. The molecule has 2 aromatic heterocycles. The fourth-order valence-electron chi connectivity index (χ4n) is 2.38. The third kappa shape index (κ3) is 3.68.